The van der Waals surface area contributed by atoms with Crippen LogP contribution in [0, 0.1) is 12.3 Å². The van der Waals surface area contributed by atoms with Crippen LogP contribution in [0.3, 0.4) is 0 Å². The van der Waals surface area contributed by atoms with E-state index in [4.69, 9.17) is 5.41 Å². The molecule has 0 saturated carbocycles. The monoisotopic (exact) mass is 287 g/mol. The molecule has 102 valence electrons. The summed E-state index contributed by atoms with van der Waals surface area (Å²) in [5.74, 6) is 0.462. The van der Waals surface area contributed by atoms with Crippen LogP contribution < -0.4 is 4.90 Å². The van der Waals surface area contributed by atoms with Gasteiger partial charge in [-0.1, -0.05) is 6.07 Å². The predicted octanol–water partition coefficient (Wildman–Crippen LogP) is 2.92. The molecule has 0 saturated heterocycles. The van der Waals surface area contributed by atoms with Gasteiger partial charge in [-0.05, 0) is 19.1 Å². The molecular weight excluding hydrogens is 274 g/mol. The van der Waals surface area contributed by atoms with E-state index in [2.05, 4.69) is 4.98 Å². The lowest BCUT2D eigenvalue weighted by molar-refractivity contribution is 0.411. The Kier molecular flexibility index (Phi) is 2.94. The third-order valence-electron chi connectivity index (χ3n) is 3.08. The number of nitrogens with zero attached hydrogens (tertiary/aromatic N) is 2. The minimum Gasteiger partial charge on any atom is -0.510 e. The lowest BCUT2D eigenvalue weighted by Gasteiger charge is -2.18. The summed E-state index contributed by atoms with van der Waals surface area (Å²) in [5, 5.41) is 30.4. The van der Waals surface area contributed by atoms with E-state index in [1.807, 2.05) is 12.3 Å². The van der Waals surface area contributed by atoms with Crippen molar-refractivity contribution in [1.29, 1.82) is 5.41 Å². The normalized spacial score (nSPS) is 15.2. The van der Waals surface area contributed by atoms with E-state index >= 15 is 0 Å². The van der Waals surface area contributed by atoms with Gasteiger partial charge in [-0.25, -0.2) is 4.98 Å². The molecule has 0 aliphatic carbocycles. The van der Waals surface area contributed by atoms with Gasteiger partial charge in [0.25, 0.3) is 0 Å². The maximum Gasteiger partial charge on any atom is 0.139 e. The molecule has 1 aromatic carbocycles. The molecule has 1 aliphatic rings. The van der Waals surface area contributed by atoms with E-state index < -0.39 is 0 Å². The van der Waals surface area contributed by atoms with Gasteiger partial charge in [0.05, 0.1) is 12.1 Å². The smallest absolute Gasteiger partial charge is 0.139 e. The first kappa shape index (κ1) is 12.7. The fraction of sp³-hybridized carbons (Fsp3) is 0.143. The number of rotatable bonds is 2. The number of amidine groups is 1. The van der Waals surface area contributed by atoms with Crippen molar-refractivity contribution in [3.63, 3.8) is 0 Å². The molecule has 1 aromatic heterocycles. The fourth-order valence-electron chi connectivity index (χ4n) is 2.15. The van der Waals surface area contributed by atoms with E-state index in [-0.39, 0.29) is 23.9 Å². The number of aryl methyl sites for hydroxylation is 1. The van der Waals surface area contributed by atoms with Gasteiger partial charge in [0.15, 0.2) is 0 Å². The van der Waals surface area contributed by atoms with Crippen molar-refractivity contribution in [1.82, 2.24) is 4.98 Å². The van der Waals surface area contributed by atoms with Crippen molar-refractivity contribution in [2.45, 2.75) is 6.92 Å². The highest BCUT2D eigenvalue weighted by molar-refractivity contribution is 7.11. The average molecular weight is 287 g/mol. The third-order valence-corrected chi connectivity index (χ3v) is 4.06. The highest BCUT2D eigenvalue weighted by Crippen LogP contribution is 2.33. The zero-order chi connectivity index (χ0) is 14.3. The second-order valence-electron chi connectivity index (χ2n) is 4.57. The van der Waals surface area contributed by atoms with Crippen molar-refractivity contribution in [2.24, 2.45) is 0 Å². The molecule has 0 unspecified atom stereocenters. The number of benzene rings is 1. The molecule has 0 fully saturated rings. The van der Waals surface area contributed by atoms with Crippen LogP contribution >= 0.6 is 11.3 Å². The molecule has 2 heterocycles. The molecule has 0 spiro atoms. The molecule has 6 heteroatoms. The number of hydrogen-bond acceptors (Lipinski definition) is 5. The van der Waals surface area contributed by atoms with Crippen LogP contribution in [0.25, 0.3) is 5.57 Å². The van der Waals surface area contributed by atoms with Crippen LogP contribution in [0.15, 0.2) is 35.4 Å². The number of aromatic nitrogens is 1. The summed E-state index contributed by atoms with van der Waals surface area (Å²) in [4.78, 5) is 5.96. The molecule has 20 heavy (non-hydrogen) atoms. The summed E-state index contributed by atoms with van der Waals surface area (Å²) in [6.45, 7) is 2.10. The topological polar surface area (TPSA) is 80.4 Å². The van der Waals surface area contributed by atoms with Gasteiger partial charge in [-0.3, -0.25) is 5.41 Å². The molecule has 3 N–H and O–H groups in total. The lowest BCUT2D eigenvalue weighted by Crippen LogP contribution is -2.25. The van der Waals surface area contributed by atoms with E-state index in [1.165, 1.54) is 11.3 Å². The highest BCUT2D eigenvalue weighted by Gasteiger charge is 2.31. The van der Waals surface area contributed by atoms with Gasteiger partial charge in [0, 0.05) is 22.8 Å². The van der Waals surface area contributed by atoms with Crippen molar-refractivity contribution < 1.29 is 10.2 Å². The Labute approximate surface area is 120 Å². The molecule has 0 atom stereocenters. The predicted molar refractivity (Wildman–Crippen MR) is 79.6 cm³/mol. The van der Waals surface area contributed by atoms with Gasteiger partial charge in [0.2, 0.25) is 0 Å². The summed E-state index contributed by atoms with van der Waals surface area (Å²) in [5.41, 5.74) is 2.00. The highest BCUT2D eigenvalue weighted by atomic mass is 32.1. The Morgan fingerprint density at radius 2 is 2.15 bits per heavy atom. The number of hydrogen-bond donors (Lipinski definition) is 3. The van der Waals surface area contributed by atoms with E-state index in [0.29, 0.717) is 16.3 Å². The van der Waals surface area contributed by atoms with Crippen molar-refractivity contribution >= 4 is 28.4 Å². The average Bonchev–Trinajstić information content (AvgIpc) is 2.93. The minimum atomic E-state index is 0.132. The first-order valence-corrected chi connectivity index (χ1v) is 6.94. The number of aromatic hydroxyl groups is 1. The van der Waals surface area contributed by atoms with Gasteiger partial charge < -0.3 is 15.1 Å². The molecular formula is C14H13N3O2S. The van der Waals surface area contributed by atoms with Gasteiger partial charge in [-0.2, -0.15) is 0 Å². The number of aliphatic hydroxyl groups excluding tert-OH is 1. The SMILES string of the molecule is Cc1csc(C2=C(O)CN(c3cccc(O)c3)C2=N)n1. The number of aliphatic hydroxyl groups is 1. The van der Waals surface area contributed by atoms with Crippen LogP contribution in [0.1, 0.15) is 10.7 Å². The van der Waals surface area contributed by atoms with Crippen LogP contribution in [-0.2, 0) is 0 Å². The maximum absolute atomic E-state index is 10.1. The number of thiazole rings is 1. The summed E-state index contributed by atoms with van der Waals surface area (Å²) < 4.78 is 0. The first-order valence-electron chi connectivity index (χ1n) is 6.06. The Morgan fingerprint density at radius 1 is 1.35 bits per heavy atom. The zero-order valence-corrected chi connectivity index (χ0v) is 11.6. The second kappa shape index (κ2) is 4.64. The van der Waals surface area contributed by atoms with Crippen LogP contribution in [0.4, 0.5) is 5.69 Å². The second-order valence-corrected chi connectivity index (χ2v) is 5.43. The third kappa shape index (κ3) is 2.04. The van der Waals surface area contributed by atoms with Gasteiger partial charge in [0.1, 0.15) is 22.4 Å². The standard InChI is InChI=1S/C14H13N3O2S/c1-8-7-20-14(16-8)12-11(19)6-17(13(12)15)9-3-2-4-10(18)5-9/h2-5,7,15,18-19H,6H2,1H3. The molecule has 0 amide bonds. The van der Waals surface area contributed by atoms with E-state index in [1.54, 1.807) is 29.2 Å². The number of phenolic OH excluding ortho intramolecular Hbond substituents is 1. The molecule has 5 nitrogen and oxygen atoms in total. The molecule has 3 rings (SSSR count). The van der Waals surface area contributed by atoms with Crippen molar-refractivity contribution in [3.05, 3.63) is 46.1 Å². The van der Waals surface area contributed by atoms with Crippen LogP contribution in [-0.4, -0.2) is 27.6 Å². The summed E-state index contributed by atoms with van der Waals surface area (Å²) in [6, 6.07) is 6.64. The Hall–Kier alpha value is -2.34. The zero-order valence-electron chi connectivity index (χ0n) is 10.8. The number of phenols is 1. The Balaban J connectivity index is 1.96. The Morgan fingerprint density at radius 3 is 2.80 bits per heavy atom. The van der Waals surface area contributed by atoms with Crippen molar-refractivity contribution in [3.8, 4) is 5.75 Å². The quantitative estimate of drug-likeness (QED) is 0.793. The Bertz CT molecular complexity index is 721. The molecule has 2 aromatic rings. The minimum absolute atomic E-state index is 0.132. The number of nitrogens with one attached hydrogen (secondary N) is 1. The van der Waals surface area contributed by atoms with Crippen LogP contribution in [0.5, 0.6) is 5.75 Å². The summed E-state index contributed by atoms with van der Waals surface area (Å²) >= 11 is 1.41. The lowest BCUT2D eigenvalue weighted by atomic mass is 10.2. The summed E-state index contributed by atoms with van der Waals surface area (Å²) in [7, 11) is 0. The van der Waals surface area contributed by atoms with Gasteiger partial charge in [-0.15, -0.1) is 11.3 Å². The fourth-order valence-corrected chi connectivity index (χ4v) is 3.02. The maximum atomic E-state index is 10.1. The molecule has 1 aliphatic heterocycles. The van der Waals surface area contributed by atoms with E-state index in [0.717, 1.165) is 5.69 Å². The molecule has 0 bridgehead atoms. The van der Waals surface area contributed by atoms with Gasteiger partial charge >= 0.3 is 0 Å². The van der Waals surface area contributed by atoms with Crippen LogP contribution in [0.2, 0.25) is 0 Å². The first-order chi connectivity index (χ1) is 9.56. The largest absolute Gasteiger partial charge is 0.510 e. The molecule has 0 radical (unpaired) electrons. The van der Waals surface area contributed by atoms with Crippen molar-refractivity contribution in [2.75, 3.05) is 11.4 Å². The number of anilines is 1. The van der Waals surface area contributed by atoms with E-state index in [9.17, 15) is 10.2 Å². The summed E-state index contributed by atoms with van der Waals surface area (Å²) in [6.07, 6.45) is 0.